The number of hydrogen-bond donors (Lipinski definition) is 5. The summed E-state index contributed by atoms with van der Waals surface area (Å²) >= 11 is 3.26. The highest BCUT2D eigenvalue weighted by atomic mass is 79.9. The van der Waals surface area contributed by atoms with Gasteiger partial charge in [0, 0.05) is 24.1 Å². The molecule has 12 rings (SSSR count). The Morgan fingerprint density at radius 3 is 1.03 bits per heavy atom. The number of ether oxygens (including phenoxy) is 4. The van der Waals surface area contributed by atoms with Gasteiger partial charge in [0.2, 0.25) is 17.7 Å². The molecule has 6 aromatic carbocycles. The Hall–Kier alpha value is -7.65. The van der Waals surface area contributed by atoms with Gasteiger partial charge in [0.15, 0.2) is 29.5 Å². The van der Waals surface area contributed by atoms with Crippen LogP contribution in [0.2, 0.25) is 0 Å². The number of methoxy groups -OCH3 is 2. The number of nitrogens with one attached hydrogen (secondary N) is 3. The zero-order chi connectivity index (χ0) is 71.5. The van der Waals surface area contributed by atoms with E-state index in [1.54, 1.807) is 115 Å². The van der Waals surface area contributed by atoms with E-state index >= 15 is 0 Å². The summed E-state index contributed by atoms with van der Waals surface area (Å²) in [4.78, 5) is 73.7. The Kier molecular flexibility index (Phi) is 24.7. The molecule has 530 valence electrons. The second kappa shape index (κ2) is 32.3. The fourth-order valence-electron chi connectivity index (χ4n) is 12.0. The summed E-state index contributed by atoms with van der Waals surface area (Å²) in [6.45, 7) is 0.316. The van der Waals surface area contributed by atoms with Gasteiger partial charge < -0.3 is 45.1 Å². The van der Waals surface area contributed by atoms with Crippen LogP contribution in [0, 0.1) is 17.8 Å². The average molecular weight is 1480 g/mol. The molecule has 25 heteroatoms. The number of carbonyl (C=O) groups excluding carboxylic acids is 5. The molecule has 6 aliphatic carbocycles. The lowest BCUT2D eigenvalue weighted by atomic mass is 9.80. The van der Waals surface area contributed by atoms with Crippen molar-refractivity contribution in [3.05, 3.63) is 196 Å². The first kappa shape index (κ1) is 75.5. The fraction of sp³-hybridized carbons (Fsp3) is 0.432. The summed E-state index contributed by atoms with van der Waals surface area (Å²) in [5, 5.41) is 29.2. The number of sulfone groups is 3. The predicted molar refractivity (Wildman–Crippen MR) is 373 cm³/mol. The summed E-state index contributed by atoms with van der Waals surface area (Å²) in [5.41, 5.74) is 5.08. The smallest absolute Gasteiger partial charge is 0.337 e. The van der Waals surface area contributed by atoms with Crippen molar-refractivity contribution in [2.24, 2.45) is 17.8 Å². The molecule has 6 aliphatic rings. The minimum Gasteiger partial charge on any atom is -0.478 e. The molecule has 6 aromatic rings. The molecule has 5 N–H and O–H groups in total. The summed E-state index contributed by atoms with van der Waals surface area (Å²) in [7, 11) is -6.99. The maximum Gasteiger partial charge on any atom is 0.337 e. The van der Waals surface area contributed by atoms with Gasteiger partial charge >= 0.3 is 17.9 Å². The monoisotopic (exact) mass is 1480 g/mol. The van der Waals surface area contributed by atoms with Crippen LogP contribution in [-0.2, 0) is 98.0 Å². The van der Waals surface area contributed by atoms with Gasteiger partial charge in [-0.05, 0) is 201 Å². The molecule has 21 nitrogen and oxygen atoms in total. The first-order valence-electron chi connectivity index (χ1n) is 33.0. The second-order valence-corrected chi connectivity index (χ2v) is 33.2. The molecule has 99 heavy (non-hydrogen) atoms. The van der Waals surface area contributed by atoms with Gasteiger partial charge in [-0.1, -0.05) is 108 Å². The maximum atomic E-state index is 13.3. The van der Waals surface area contributed by atoms with E-state index in [1.807, 2.05) is 30.3 Å². The third-order valence-electron chi connectivity index (χ3n) is 19.3. The lowest BCUT2D eigenvalue weighted by Crippen LogP contribution is -2.47. The molecular formula is C74H86BrN3O18S3. The van der Waals surface area contributed by atoms with E-state index in [9.17, 15) is 59.1 Å². The van der Waals surface area contributed by atoms with Crippen molar-refractivity contribution < 1.29 is 83.2 Å². The lowest BCUT2D eigenvalue weighted by Gasteiger charge is -2.34. The van der Waals surface area contributed by atoms with Crippen molar-refractivity contribution in [2.75, 3.05) is 33.0 Å². The van der Waals surface area contributed by atoms with E-state index in [2.05, 4.69) is 36.6 Å². The van der Waals surface area contributed by atoms with E-state index in [0.717, 1.165) is 130 Å². The van der Waals surface area contributed by atoms with Crippen LogP contribution in [0.4, 0.5) is 0 Å². The normalized spacial score (nSPS) is 18.0. The van der Waals surface area contributed by atoms with Crippen molar-refractivity contribution in [3.8, 4) is 0 Å². The van der Waals surface area contributed by atoms with E-state index in [-0.39, 0.29) is 75.6 Å². The van der Waals surface area contributed by atoms with Gasteiger partial charge in [0.1, 0.15) is 18.3 Å². The number of aliphatic hydroxyl groups is 1. The number of rotatable bonds is 25. The van der Waals surface area contributed by atoms with Crippen LogP contribution < -0.4 is 16.0 Å². The molecule has 3 unspecified atom stereocenters. The van der Waals surface area contributed by atoms with Gasteiger partial charge in [0.25, 0.3) is 0 Å². The zero-order valence-corrected chi connectivity index (χ0v) is 60.1. The van der Waals surface area contributed by atoms with E-state index < -0.39 is 70.8 Å². The lowest BCUT2D eigenvalue weighted by molar-refractivity contribution is -0.142. The Morgan fingerprint density at radius 1 is 0.455 bits per heavy atom. The summed E-state index contributed by atoms with van der Waals surface area (Å²) in [6, 6.07) is 41.0. The molecule has 0 saturated heterocycles. The molecule has 6 saturated carbocycles. The molecule has 0 spiro atoms. The average Bonchev–Trinajstić information content (AvgIpc) is 1.62. The Labute approximate surface area is 587 Å². The number of carboxylic acids is 1. The Morgan fingerprint density at radius 2 is 0.758 bits per heavy atom. The predicted octanol–water partition coefficient (Wildman–Crippen LogP) is 10.4. The van der Waals surface area contributed by atoms with Crippen molar-refractivity contribution in [3.63, 3.8) is 0 Å². The van der Waals surface area contributed by atoms with Gasteiger partial charge in [0.05, 0.1) is 75.4 Å². The number of hydrogen-bond acceptors (Lipinski definition) is 17. The zero-order valence-electron chi connectivity index (χ0n) is 56.1. The standard InChI is InChI=1S/C25H29NO6S.C24H27NO6S.C17H21NO4.C8H9BrO2S/c1-31-24(28)19-9-11-20(12-10-19)25(13-14-25)26-23(27)22(18-6-4-7-18)32-16-17-5-3-8-21(15-17)33(2,29)30;1-32(29,30)20-7-2-4-16(14-20)15-31-21(17-5-3-6-17)22(26)25-24(12-13-24)19-10-8-18(9-11-19)23(27)28;1-22-16(21)12-5-7-13(8-6-12)17(9-10-17)18-15(20)14(19)11-3-2-4-11;1-12(10,11)8-4-2-3-7(5-8)6-9/h3,5,8-12,15,18,22H,4,6-7,13-14,16H2,1-2H3,(H,26,27);2,4,7-11,14,17,21H,3,5-6,12-13,15H2,1H3,(H,25,26)(H,27,28);5-8,11,14,19H,2-4,9-10H2,1H3,(H,18,20);2-5H,6H2,1H3. The fourth-order valence-corrected chi connectivity index (χ4v) is 14.5. The summed E-state index contributed by atoms with van der Waals surface area (Å²) in [5.74, 6) is -1.95. The number of carbonyl (C=O) groups is 6. The summed E-state index contributed by atoms with van der Waals surface area (Å²) < 4.78 is 91.0. The minimum absolute atomic E-state index is 0.109. The van der Waals surface area contributed by atoms with E-state index in [0.29, 0.717) is 26.9 Å². The largest absolute Gasteiger partial charge is 0.478 e. The topological polar surface area (TPSA) is 318 Å². The number of amides is 3. The second-order valence-electron chi connectivity index (χ2n) is 26.6. The number of benzene rings is 6. The number of halogens is 1. The first-order chi connectivity index (χ1) is 47.0. The van der Waals surface area contributed by atoms with Crippen LogP contribution >= 0.6 is 15.9 Å². The highest BCUT2D eigenvalue weighted by molar-refractivity contribution is 9.08. The number of aliphatic hydroxyl groups excluding tert-OH is 1. The molecule has 0 aromatic heterocycles. The van der Waals surface area contributed by atoms with Crippen molar-refractivity contribution >= 4 is 81.1 Å². The molecule has 6 fully saturated rings. The van der Waals surface area contributed by atoms with Crippen molar-refractivity contribution in [1.29, 1.82) is 0 Å². The SMILES string of the molecule is COC(=O)c1ccc(C2(NC(=O)C(O)C3CCC3)CC2)cc1.COC(=O)c1ccc(C2(NC(=O)C(OCc3cccc(S(C)(=O)=O)c3)C3CCC3)CC2)cc1.CS(=O)(=O)c1cccc(CBr)c1.CS(=O)(=O)c1cccc(COC(C(=O)NC2(c3ccc(C(=O)O)cc3)CC2)C2CCC2)c1. The third-order valence-corrected chi connectivity index (χ3v) is 23.2. The Bertz CT molecular complexity index is 4240. The Balaban J connectivity index is 0.000000162. The van der Waals surface area contributed by atoms with E-state index in [1.165, 1.54) is 26.7 Å². The van der Waals surface area contributed by atoms with Crippen LogP contribution in [0.15, 0.2) is 160 Å². The minimum atomic E-state index is -3.32. The van der Waals surface area contributed by atoms with E-state index in [4.69, 9.17) is 19.3 Å². The molecule has 0 aliphatic heterocycles. The number of carboxylic acid groups (broad SMARTS) is 1. The third kappa shape index (κ3) is 19.9. The van der Waals surface area contributed by atoms with Gasteiger partial charge in [-0.2, -0.15) is 0 Å². The molecule has 0 radical (unpaired) electrons. The molecule has 0 heterocycles. The van der Waals surface area contributed by atoms with Crippen LogP contribution in [0.25, 0.3) is 0 Å². The van der Waals surface area contributed by atoms with Crippen molar-refractivity contribution in [2.45, 2.75) is 164 Å². The molecule has 0 bridgehead atoms. The van der Waals surface area contributed by atoms with Crippen LogP contribution in [-0.4, -0.2) is 122 Å². The molecule has 3 amide bonds. The molecular weight excluding hydrogens is 1390 g/mol. The summed E-state index contributed by atoms with van der Waals surface area (Å²) in [6.07, 6.45) is 15.2. The van der Waals surface area contributed by atoms with Crippen LogP contribution in [0.1, 0.15) is 161 Å². The maximum absolute atomic E-state index is 13.3. The van der Waals surface area contributed by atoms with Gasteiger partial charge in [-0.25, -0.2) is 39.6 Å². The quantitative estimate of drug-likeness (QED) is 0.0263. The highest BCUT2D eigenvalue weighted by Gasteiger charge is 2.50. The number of esters is 2. The van der Waals surface area contributed by atoms with Crippen LogP contribution in [0.3, 0.4) is 0 Å². The van der Waals surface area contributed by atoms with Crippen molar-refractivity contribution in [1.82, 2.24) is 16.0 Å². The first-order valence-corrected chi connectivity index (χ1v) is 39.8. The number of alkyl halides is 1. The highest BCUT2D eigenvalue weighted by Crippen LogP contribution is 2.48. The van der Waals surface area contributed by atoms with Crippen LogP contribution in [0.5, 0.6) is 0 Å². The van der Waals surface area contributed by atoms with Gasteiger partial charge in [-0.3, -0.25) is 14.4 Å². The molecule has 3 atom stereocenters. The number of aromatic carboxylic acids is 1. The van der Waals surface area contributed by atoms with Gasteiger partial charge in [-0.15, -0.1) is 0 Å².